The maximum atomic E-state index is 11.3. The Labute approximate surface area is 107 Å². The standard InChI is InChI=1S/C13H22O5/c1-2-17-13(16)10(15)9(14)12-11(18-12)8-6-4-3-5-7-8/h8-12,14-15H,2-7H2,1H3/t9-,10-,11+,12+/m1/s1. The third-order valence-corrected chi connectivity index (χ3v) is 3.86. The number of hydrogen-bond donors (Lipinski definition) is 2. The summed E-state index contributed by atoms with van der Waals surface area (Å²) in [4.78, 5) is 11.3. The zero-order chi connectivity index (χ0) is 13.1. The summed E-state index contributed by atoms with van der Waals surface area (Å²) in [6.07, 6.45) is 2.83. The molecule has 2 aliphatic rings. The number of epoxide rings is 1. The van der Waals surface area contributed by atoms with Gasteiger partial charge >= 0.3 is 5.97 Å². The summed E-state index contributed by atoms with van der Waals surface area (Å²) in [7, 11) is 0. The Morgan fingerprint density at radius 1 is 1.33 bits per heavy atom. The van der Waals surface area contributed by atoms with E-state index >= 15 is 0 Å². The smallest absolute Gasteiger partial charge is 0.337 e. The van der Waals surface area contributed by atoms with Gasteiger partial charge in [-0.15, -0.1) is 0 Å². The van der Waals surface area contributed by atoms with Crippen molar-refractivity contribution in [1.29, 1.82) is 0 Å². The van der Waals surface area contributed by atoms with E-state index in [0.29, 0.717) is 5.92 Å². The van der Waals surface area contributed by atoms with E-state index < -0.39 is 24.3 Å². The van der Waals surface area contributed by atoms with Crippen molar-refractivity contribution < 1.29 is 24.5 Å². The summed E-state index contributed by atoms with van der Waals surface area (Å²) in [6.45, 7) is 1.86. The Kier molecular flexibility index (Phi) is 4.59. The monoisotopic (exact) mass is 258 g/mol. The van der Waals surface area contributed by atoms with Gasteiger partial charge in [-0.3, -0.25) is 0 Å². The van der Waals surface area contributed by atoms with Crippen molar-refractivity contribution >= 4 is 5.97 Å². The van der Waals surface area contributed by atoms with Gasteiger partial charge in [0.05, 0.1) is 12.7 Å². The highest BCUT2D eigenvalue weighted by Crippen LogP contribution is 2.40. The normalized spacial score (nSPS) is 31.7. The second-order valence-electron chi connectivity index (χ2n) is 5.15. The maximum absolute atomic E-state index is 11.3. The van der Waals surface area contributed by atoms with Crippen LogP contribution in [-0.2, 0) is 14.3 Å². The van der Waals surface area contributed by atoms with Crippen LogP contribution in [0.2, 0.25) is 0 Å². The minimum Gasteiger partial charge on any atom is -0.464 e. The first-order valence-electron chi connectivity index (χ1n) is 6.83. The first-order chi connectivity index (χ1) is 8.65. The fraction of sp³-hybridized carbons (Fsp3) is 0.923. The van der Waals surface area contributed by atoms with E-state index in [1.165, 1.54) is 19.3 Å². The third kappa shape index (κ3) is 3.02. The van der Waals surface area contributed by atoms with E-state index in [4.69, 9.17) is 4.74 Å². The van der Waals surface area contributed by atoms with Crippen LogP contribution >= 0.6 is 0 Å². The quantitative estimate of drug-likeness (QED) is 0.558. The first kappa shape index (κ1) is 13.8. The second-order valence-corrected chi connectivity index (χ2v) is 5.15. The minimum atomic E-state index is -1.50. The van der Waals surface area contributed by atoms with Gasteiger partial charge in [0.1, 0.15) is 12.2 Å². The highest BCUT2D eigenvalue weighted by Gasteiger charge is 2.52. The molecule has 0 radical (unpaired) electrons. The third-order valence-electron chi connectivity index (χ3n) is 3.86. The average Bonchev–Trinajstić information content (AvgIpc) is 3.18. The van der Waals surface area contributed by atoms with Gasteiger partial charge in [0.2, 0.25) is 0 Å². The summed E-state index contributed by atoms with van der Waals surface area (Å²) in [5.41, 5.74) is 0. The van der Waals surface area contributed by atoms with Crippen LogP contribution in [0.15, 0.2) is 0 Å². The number of aliphatic hydroxyl groups is 2. The SMILES string of the molecule is CCOC(=O)[C@H](O)[C@@H](O)[C@@H]1O[C@H]1C1CCCCC1. The lowest BCUT2D eigenvalue weighted by Gasteiger charge is -2.20. The Morgan fingerprint density at radius 3 is 2.61 bits per heavy atom. The van der Waals surface area contributed by atoms with Crippen molar-refractivity contribution in [2.45, 2.75) is 63.4 Å². The predicted octanol–water partition coefficient (Wildman–Crippen LogP) is 0.619. The molecule has 1 saturated carbocycles. The van der Waals surface area contributed by atoms with E-state index in [2.05, 4.69) is 4.74 Å². The predicted molar refractivity (Wildman–Crippen MR) is 63.9 cm³/mol. The summed E-state index contributed by atoms with van der Waals surface area (Å²) in [5.74, 6) is -0.310. The van der Waals surface area contributed by atoms with Gasteiger partial charge in [0, 0.05) is 0 Å². The molecule has 4 atom stereocenters. The van der Waals surface area contributed by atoms with Crippen molar-refractivity contribution in [3.8, 4) is 0 Å². The number of rotatable bonds is 5. The second kappa shape index (κ2) is 5.99. The van der Waals surface area contributed by atoms with Crippen LogP contribution in [0.1, 0.15) is 39.0 Å². The van der Waals surface area contributed by atoms with E-state index in [0.717, 1.165) is 12.8 Å². The molecule has 104 valence electrons. The molecule has 2 fully saturated rings. The van der Waals surface area contributed by atoms with Crippen molar-refractivity contribution in [3.63, 3.8) is 0 Å². The van der Waals surface area contributed by atoms with E-state index in [-0.39, 0.29) is 12.7 Å². The lowest BCUT2D eigenvalue weighted by molar-refractivity contribution is -0.159. The molecule has 0 amide bonds. The fourth-order valence-electron chi connectivity index (χ4n) is 2.80. The van der Waals surface area contributed by atoms with Crippen LogP contribution in [0.5, 0.6) is 0 Å². The zero-order valence-corrected chi connectivity index (χ0v) is 10.7. The molecule has 0 bridgehead atoms. The van der Waals surface area contributed by atoms with Gasteiger partial charge in [-0.25, -0.2) is 4.79 Å². The molecule has 1 saturated heterocycles. The van der Waals surface area contributed by atoms with Gasteiger partial charge in [0.15, 0.2) is 6.10 Å². The van der Waals surface area contributed by atoms with Crippen molar-refractivity contribution in [2.75, 3.05) is 6.61 Å². The lowest BCUT2D eigenvalue weighted by Crippen LogP contribution is -2.40. The molecule has 1 heterocycles. The Morgan fingerprint density at radius 2 is 2.00 bits per heavy atom. The molecule has 0 aromatic rings. The van der Waals surface area contributed by atoms with Gasteiger partial charge in [-0.2, -0.15) is 0 Å². The highest BCUT2D eigenvalue weighted by molar-refractivity contribution is 5.75. The molecule has 5 nitrogen and oxygen atoms in total. The molecular weight excluding hydrogens is 236 g/mol. The maximum Gasteiger partial charge on any atom is 0.337 e. The lowest BCUT2D eigenvalue weighted by atomic mass is 9.85. The molecule has 1 aliphatic carbocycles. The number of carbonyl (C=O) groups excluding carboxylic acids is 1. The van der Waals surface area contributed by atoms with Crippen LogP contribution in [0.3, 0.4) is 0 Å². The topological polar surface area (TPSA) is 79.3 Å². The first-order valence-corrected chi connectivity index (χ1v) is 6.83. The molecule has 0 unspecified atom stereocenters. The van der Waals surface area contributed by atoms with Crippen LogP contribution < -0.4 is 0 Å². The molecule has 0 aromatic heterocycles. The molecule has 18 heavy (non-hydrogen) atoms. The van der Waals surface area contributed by atoms with Crippen LogP contribution in [0.25, 0.3) is 0 Å². The number of carbonyl (C=O) groups is 1. The van der Waals surface area contributed by atoms with Gasteiger partial charge in [-0.05, 0) is 25.7 Å². The minimum absolute atomic E-state index is 0.00405. The van der Waals surface area contributed by atoms with Crippen LogP contribution in [0, 0.1) is 5.92 Å². The summed E-state index contributed by atoms with van der Waals surface area (Å²) in [6, 6.07) is 0. The molecular formula is C13H22O5. The van der Waals surface area contributed by atoms with Crippen molar-refractivity contribution in [2.24, 2.45) is 5.92 Å². The van der Waals surface area contributed by atoms with E-state index in [1.54, 1.807) is 6.92 Å². The van der Waals surface area contributed by atoms with Crippen LogP contribution in [0.4, 0.5) is 0 Å². The average molecular weight is 258 g/mol. The summed E-state index contributed by atoms with van der Waals surface area (Å²) in [5, 5.41) is 19.5. The van der Waals surface area contributed by atoms with Crippen molar-refractivity contribution in [1.82, 2.24) is 0 Å². The molecule has 2 N–H and O–H groups in total. The molecule has 5 heteroatoms. The van der Waals surface area contributed by atoms with Crippen LogP contribution in [-0.4, -0.2) is 47.2 Å². The number of aliphatic hydroxyl groups excluding tert-OH is 2. The van der Waals surface area contributed by atoms with Crippen molar-refractivity contribution in [3.05, 3.63) is 0 Å². The molecule has 0 spiro atoms. The van der Waals surface area contributed by atoms with Gasteiger partial charge < -0.3 is 19.7 Å². The fourth-order valence-corrected chi connectivity index (χ4v) is 2.80. The summed E-state index contributed by atoms with van der Waals surface area (Å²) >= 11 is 0. The molecule has 2 rings (SSSR count). The Hall–Kier alpha value is -0.650. The van der Waals surface area contributed by atoms with E-state index in [9.17, 15) is 15.0 Å². The van der Waals surface area contributed by atoms with E-state index in [1.807, 2.05) is 0 Å². The van der Waals surface area contributed by atoms with Gasteiger partial charge in [-0.1, -0.05) is 19.3 Å². The van der Waals surface area contributed by atoms with Gasteiger partial charge in [0.25, 0.3) is 0 Å². The largest absolute Gasteiger partial charge is 0.464 e. The number of ether oxygens (including phenoxy) is 2. The number of hydrogen-bond acceptors (Lipinski definition) is 5. The zero-order valence-electron chi connectivity index (χ0n) is 10.7. The summed E-state index contributed by atoms with van der Waals surface area (Å²) < 4.78 is 10.1. The Bertz CT molecular complexity index is 287. The highest BCUT2D eigenvalue weighted by atomic mass is 16.6. The molecule has 1 aliphatic heterocycles. The Balaban J connectivity index is 1.80. The number of esters is 1. The molecule has 0 aromatic carbocycles.